The Bertz CT molecular complexity index is 1190. The van der Waals surface area contributed by atoms with Crippen molar-refractivity contribution in [2.75, 3.05) is 0 Å². The quantitative estimate of drug-likeness (QED) is 0.273. The lowest BCUT2D eigenvalue weighted by atomic mass is 9.52. The van der Waals surface area contributed by atoms with Gasteiger partial charge < -0.3 is 0 Å². The van der Waals surface area contributed by atoms with E-state index in [2.05, 4.69) is 0 Å². The van der Waals surface area contributed by atoms with Crippen molar-refractivity contribution < 1.29 is 0 Å². The van der Waals surface area contributed by atoms with Gasteiger partial charge in [-0.3, -0.25) is 0 Å². The monoisotopic (exact) mass is 709 g/mol. The van der Waals surface area contributed by atoms with Crippen LogP contribution in [0.15, 0.2) is 0 Å². The minimum absolute atomic E-state index is 1.11. The van der Waals surface area contributed by atoms with Crippen molar-refractivity contribution in [1.82, 2.24) is 0 Å². The molecule has 0 aromatic carbocycles. The normalized spacial score (nSPS) is 55.3. The lowest BCUT2D eigenvalue weighted by Crippen LogP contribution is -2.44. The molecule has 11 saturated carbocycles. The third-order valence-electron chi connectivity index (χ3n) is 22.0. The van der Waals surface area contributed by atoms with Crippen LogP contribution in [-0.2, 0) is 0 Å². The second-order valence-corrected chi connectivity index (χ2v) is 23.9. The van der Waals surface area contributed by atoms with Crippen molar-refractivity contribution >= 4 is 0 Å². The molecule has 0 heteroatoms. The van der Waals surface area contributed by atoms with Crippen LogP contribution in [0.25, 0.3) is 0 Å². The van der Waals surface area contributed by atoms with Gasteiger partial charge in [0.2, 0.25) is 0 Å². The molecule has 292 valence electrons. The molecule has 0 aromatic rings. The Labute approximate surface area is 322 Å². The van der Waals surface area contributed by atoms with E-state index in [-0.39, 0.29) is 0 Å². The van der Waals surface area contributed by atoms with Crippen LogP contribution in [0.5, 0.6) is 0 Å². The molecule has 0 saturated heterocycles. The van der Waals surface area contributed by atoms with Crippen molar-refractivity contribution in [2.24, 2.45) is 118 Å². The fourth-order valence-corrected chi connectivity index (χ4v) is 20.0. The summed E-state index contributed by atoms with van der Waals surface area (Å²) >= 11 is 0. The second-order valence-electron chi connectivity index (χ2n) is 23.9. The van der Waals surface area contributed by atoms with E-state index in [1.807, 2.05) is 0 Å². The molecular formula is C52H84. The Morgan fingerprint density at radius 2 is 0.500 bits per heavy atom. The Hall–Kier alpha value is 0. The first-order valence-electron chi connectivity index (χ1n) is 25.7. The molecule has 0 aliphatic heterocycles. The average molecular weight is 709 g/mol. The van der Waals surface area contributed by atoms with Gasteiger partial charge in [0.15, 0.2) is 0 Å². The summed E-state index contributed by atoms with van der Waals surface area (Å²) in [5.41, 5.74) is 0. The molecule has 11 rings (SSSR count). The Balaban J connectivity index is 0.858. The number of hydrogen-bond donors (Lipinski definition) is 0. The zero-order chi connectivity index (χ0) is 34.2. The highest BCUT2D eigenvalue weighted by atomic mass is 14.6. The molecule has 0 bridgehead atoms. The average Bonchev–Trinajstić information content (AvgIpc) is 3.77. The standard InChI is InChI=1S/C52H84/c1-2-11-34(12-3-1)50-32-45(28-47-29-46-23-36-14-6-7-15-37(36)31-51(46)52(47)50)44-26-42(38-19-18-33-10-4-5-13-35(33)22-38)25-43(27-44)39-20-21-41-24-40-16-8-9-17-48(40)49(41)30-39/h33-52H,1-32H2. The second kappa shape index (κ2) is 15.1. The third-order valence-corrected chi connectivity index (χ3v) is 22.0. The van der Waals surface area contributed by atoms with Crippen molar-refractivity contribution in [1.29, 1.82) is 0 Å². The summed E-state index contributed by atoms with van der Waals surface area (Å²) in [5.74, 6) is 22.6. The number of hydrogen-bond acceptors (Lipinski definition) is 0. The summed E-state index contributed by atoms with van der Waals surface area (Å²) in [5, 5.41) is 0. The molecule has 0 spiro atoms. The predicted molar refractivity (Wildman–Crippen MR) is 218 cm³/mol. The molecule has 0 aromatic heterocycles. The first kappa shape index (κ1) is 35.2. The zero-order valence-electron chi connectivity index (χ0n) is 34.2. The van der Waals surface area contributed by atoms with Crippen LogP contribution < -0.4 is 0 Å². The third kappa shape index (κ3) is 6.59. The SMILES string of the molecule is C1CCC(C2CC(C3CC(C4CCC5CCCCC5C4)CC(C4CCC5CC6CCCCC6C5C4)C3)CC3CC4CC5CCCCC5CC4C32)CC1. The smallest absolute Gasteiger partial charge is 0.0323 e. The van der Waals surface area contributed by atoms with Crippen molar-refractivity contribution in [3.8, 4) is 0 Å². The van der Waals surface area contributed by atoms with Gasteiger partial charge in [0.05, 0.1) is 0 Å². The molecule has 11 fully saturated rings. The first-order valence-corrected chi connectivity index (χ1v) is 25.7. The lowest BCUT2D eigenvalue weighted by Gasteiger charge is -2.53. The first-order chi connectivity index (χ1) is 25.7. The summed E-state index contributed by atoms with van der Waals surface area (Å²) in [4.78, 5) is 0. The van der Waals surface area contributed by atoms with Gasteiger partial charge in [0.25, 0.3) is 0 Å². The maximum Gasteiger partial charge on any atom is -0.0323 e. The van der Waals surface area contributed by atoms with Gasteiger partial charge in [-0.05, 0) is 221 Å². The molecule has 19 atom stereocenters. The highest BCUT2D eigenvalue weighted by Gasteiger charge is 2.56. The molecular weight excluding hydrogens is 625 g/mol. The van der Waals surface area contributed by atoms with Gasteiger partial charge in [-0.1, -0.05) is 103 Å². The van der Waals surface area contributed by atoms with E-state index >= 15 is 0 Å². The van der Waals surface area contributed by atoms with Crippen LogP contribution in [-0.4, -0.2) is 0 Å². The maximum atomic E-state index is 1.71. The van der Waals surface area contributed by atoms with E-state index in [1.165, 1.54) is 0 Å². The van der Waals surface area contributed by atoms with E-state index in [0.717, 1.165) is 118 Å². The van der Waals surface area contributed by atoms with E-state index < -0.39 is 0 Å². The summed E-state index contributed by atoms with van der Waals surface area (Å²) in [7, 11) is 0. The molecule has 0 nitrogen and oxygen atoms in total. The van der Waals surface area contributed by atoms with Gasteiger partial charge in [-0.2, -0.15) is 0 Å². The van der Waals surface area contributed by atoms with Gasteiger partial charge >= 0.3 is 0 Å². The molecule has 0 N–H and O–H groups in total. The van der Waals surface area contributed by atoms with Crippen LogP contribution in [0.1, 0.15) is 205 Å². The van der Waals surface area contributed by atoms with Gasteiger partial charge in [-0.25, -0.2) is 0 Å². The largest absolute Gasteiger partial charge is 0.0533 e. The topological polar surface area (TPSA) is 0 Å². The van der Waals surface area contributed by atoms with E-state index in [4.69, 9.17) is 0 Å². The Morgan fingerprint density at radius 1 is 0.154 bits per heavy atom. The summed E-state index contributed by atoms with van der Waals surface area (Å²) in [6.45, 7) is 0. The van der Waals surface area contributed by atoms with Crippen LogP contribution >= 0.6 is 0 Å². The minimum atomic E-state index is 1.11. The lowest BCUT2D eigenvalue weighted by molar-refractivity contribution is -0.0303. The maximum absolute atomic E-state index is 1.71. The van der Waals surface area contributed by atoms with Crippen molar-refractivity contribution in [2.45, 2.75) is 205 Å². The van der Waals surface area contributed by atoms with Gasteiger partial charge in [0, 0.05) is 0 Å². The minimum Gasteiger partial charge on any atom is -0.0533 e. The van der Waals surface area contributed by atoms with Gasteiger partial charge in [-0.15, -0.1) is 0 Å². The van der Waals surface area contributed by atoms with Crippen LogP contribution in [0, 0.1) is 118 Å². The zero-order valence-corrected chi connectivity index (χ0v) is 34.2. The van der Waals surface area contributed by atoms with E-state index in [1.54, 1.807) is 205 Å². The van der Waals surface area contributed by atoms with Crippen LogP contribution in [0.4, 0.5) is 0 Å². The van der Waals surface area contributed by atoms with E-state index in [0.29, 0.717) is 0 Å². The molecule has 11 aliphatic rings. The van der Waals surface area contributed by atoms with E-state index in [9.17, 15) is 0 Å². The molecule has 19 unspecified atom stereocenters. The molecule has 0 amide bonds. The highest BCUT2D eigenvalue weighted by Crippen LogP contribution is 2.65. The molecule has 11 aliphatic carbocycles. The predicted octanol–water partition coefficient (Wildman–Crippen LogP) is 14.9. The number of rotatable bonds is 4. The van der Waals surface area contributed by atoms with Crippen molar-refractivity contribution in [3.63, 3.8) is 0 Å². The molecule has 52 heavy (non-hydrogen) atoms. The summed E-state index contributed by atoms with van der Waals surface area (Å²) in [6, 6.07) is 0. The summed E-state index contributed by atoms with van der Waals surface area (Å²) in [6.07, 6.45) is 52.1. The molecule has 0 heterocycles. The highest BCUT2D eigenvalue weighted by molar-refractivity contribution is 5.06. The van der Waals surface area contributed by atoms with Crippen molar-refractivity contribution in [3.05, 3.63) is 0 Å². The molecule has 0 radical (unpaired) electrons. The summed E-state index contributed by atoms with van der Waals surface area (Å²) < 4.78 is 0. The van der Waals surface area contributed by atoms with Crippen LogP contribution in [0.3, 0.4) is 0 Å². The van der Waals surface area contributed by atoms with Gasteiger partial charge in [0.1, 0.15) is 0 Å². The fraction of sp³-hybridized carbons (Fsp3) is 1.00. The Morgan fingerprint density at radius 3 is 1.27 bits per heavy atom. The van der Waals surface area contributed by atoms with Crippen LogP contribution in [0.2, 0.25) is 0 Å². The number of fused-ring (bicyclic) bond motifs is 8. The Kier molecular flexibility index (Phi) is 10.2. The fourth-order valence-electron chi connectivity index (χ4n) is 20.0.